The quantitative estimate of drug-likeness (QED) is 0.522. The van der Waals surface area contributed by atoms with Crippen LogP contribution in [-0.2, 0) is 0 Å². The van der Waals surface area contributed by atoms with Crippen molar-refractivity contribution in [3.05, 3.63) is 48.5 Å². The maximum absolute atomic E-state index is 9.60. The van der Waals surface area contributed by atoms with Crippen LogP contribution in [0.15, 0.2) is 48.5 Å². The highest BCUT2D eigenvalue weighted by molar-refractivity contribution is 5.72. The molecule has 3 rings (SSSR count). The SMILES string of the molecule is C1CCCCCCCCCCC1.Oc1cccc(-c2ccccc2)c1O. The topological polar surface area (TPSA) is 40.5 Å². The molecular weight excluding hydrogens is 320 g/mol. The Morgan fingerprint density at radius 1 is 0.462 bits per heavy atom. The van der Waals surface area contributed by atoms with Crippen molar-refractivity contribution >= 4 is 0 Å². The molecule has 142 valence electrons. The van der Waals surface area contributed by atoms with Gasteiger partial charge in [0.2, 0.25) is 0 Å². The first kappa shape index (κ1) is 20.4. The fourth-order valence-electron chi connectivity index (χ4n) is 3.50. The summed E-state index contributed by atoms with van der Waals surface area (Å²) in [6.07, 6.45) is 18.0. The summed E-state index contributed by atoms with van der Waals surface area (Å²) < 4.78 is 0. The lowest BCUT2D eigenvalue weighted by Crippen LogP contribution is -1.85. The van der Waals surface area contributed by atoms with E-state index in [1.165, 1.54) is 83.1 Å². The van der Waals surface area contributed by atoms with E-state index in [4.69, 9.17) is 0 Å². The fraction of sp³-hybridized carbons (Fsp3) is 0.500. The second-order valence-electron chi connectivity index (χ2n) is 7.28. The first-order chi connectivity index (χ1) is 12.8. The van der Waals surface area contributed by atoms with Gasteiger partial charge in [-0.2, -0.15) is 0 Å². The smallest absolute Gasteiger partial charge is 0.165 e. The van der Waals surface area contributed by atoms with Crippen molar-refractivity contribution in [2.24, 2.45) is 0 Å². The minimum Gasteiger partial charge on any atom is -0.504 e. The lowest BCUT2D eigenvalue weighted by atomic mass is 10.0. The second kappa shape index (κ2) is 12.4. The van der Waals surface area contributed by atoms with Crippen LogP contribution in [0.5, 0.6) is 11.5 Å². The van der Waals surface area contributed by atoms with E-state index in [9.17, 15) is 10.2 Å². The van der Waals surface area contributed by atoms with E-state index in [-0.39, 0.29) is 11.5 Å². The highest BCUT2D eigenvalue weighted by atomic mass is 16.3. The Hall–Kier alpha value is -1.96. The molecule has 1 aliphatic rings. The van der Waals surface area contributed by atoms with Crippen LogP contribution in [0, 0.1) is 0 Å². The molecule has 0 aliphatic heterocycles. The van der Waals surface area contributed by atoms with Crippen LogP contribution in [0.2, 0.25) is 0 Å². The summed E-state index contributed by atoms with van der Waals surface area (Å²) in [5, 5.41) is 18.9. The molecule has 0 amide bonds. The van der Waals surface area contributed by atoms with Crippen molar-refractivity contribution in [1.82, 2.24) is 0 Å². The van der Waals surface area contributed by atoms with E-state index in [0.29, 0.717) is 5.56 Å². The molecule has 0 bridgehead atoms. The molecule has 26 heavy (non-hydrogen) atoms. The molecule has 0 radical (unpaired) electrons. The van der Waals surface area contributed by atoms with Gasteiger partial charge in [-0.05, 0) is 11.6 Å². The second-order valence-corrected chi connectivity index (χ2v) is 7.28. The average molecular weight is 355 g/mol. The number of benzene rings is 2. The molecular formula is C24H34O2. The number of hydrogen-bond acceptors (Lipinski definition) is 2. The maximum Gasteiger partial charge on any atom is 0.165 e. The third-order valence-electron chi connectivity index (χ3n) is 5.10. The van der Waals surface area contributed by atoms with Crippen molar-refractivity contribution < 1.29 is 10.2 Å². The predicted molar refractivity (Wildman–Crippen MR) is 111 cm³/mol. The third kappa shape index (κ3) is 7.51. The van der Waals surface area contributed by atoms with Crippen molar-refractivity contribution in [3.63, 3.8) is 0 Å². The fourth-order valence-corrected chi connectivity index (χ4v) is 3.50. The van der Waals surface area contributed by atoms with Gasteiger partial charge in [-0.3, -0.25) is 0 Å². The molecule has 0 spiro atoms. The minimum absolute atomic E-state index is 0.0706. The number of rotatable bonds is 1. The summed E-state index contributed by atoms with van der Waals surface area (Å²) in [6.45, 7) is 0. The number of phenolic OH excluding ortho intramolecular Hbond substituents is 2. The number of hydrogen-bond donors (Lipinski definition) is 2. The molecule has 1 saturated carbocycles. The Bertz CT molecular complexity index is 564. The van der Waals surface area contributed by atoms with Crippen molar-refractivity contribution in [2.75, 3.05) is 0 Å². The largest absolute Gasteiger partial charge is 0.504 e. The maximum atomic E-state index is 9.60. The van der Waals surface area contributed by atoms with E-state index in [1.54, 1.807) is 12.1 Å². The zero-order valence-electron chi connectivity index (χ0n) is 16.0. The number of aromatic hydroxyl groups is 2. The highest BCUT2D eigenvalue weighted by Gasteiger charge is 2.06. The van der Waals surface area contributed by atoms with Gasteiger partial charge >= 0.3 is 0 Å². The summed E-state index contributed by atoms with van der Waals surface area (Å²) in [5.74, 6) is -0.162. The van der Waals surface area contributed by atoms with Gasteiger partial charge in [0.05, 0.1) is 0 Å². The molecule has 2 heteroatoms. The normalized spacial score (nSPS) is 16.5. The Morgan fingerprint density at radius 2 is 0.885 bits per heavy atom. The molecule has 0 heterocycles. The van der Waals surface area contributed by atoms with E-state index < -0.39 is 0 Å². The zero-order chi connectivity index (χ0) is 18.5. The molecule has 2 aromatic rings. The average Bonchev–Trinajstić information content (AvgIpc) is 2.66. The zero-order valence-corrected chi connectivity index (χ0v) is 16.0. The summed E-state index contributed by atoms with van der Waals surface area (Å²) >= 11 is 0. The molecule has 0 aromatic heterocycles. The van der Waals surface area contributed by atoms with Crippen LogP contribution in [0.1, 0.15) is 77.0 Å². The van der Waals surface area contributed by atoms with Crippen LogP contribution in [0.3, 0.4) is 0 Å². The van der Waals surface area contributed by atoms with Crippen LogP contribution in [0.25, 0.3) is 11.1 Å². The monoisotopic (exact) mass is 354 g/mol. The van der Waals surface area contributed by atoms with E-state index >= 15 is 0 Å². The van der Waals surface area contributed by atoms with Crippen molar-refractivity contribution in [2.45, 2.75) is 77.0 Å². The molecule has 2 N–H and O–H groups in total. The van der Waals surface area contributed by atoms with Crippen LogP contribution in [-0.4, -0.2) is 10.2 Å². The molecule has 2 aromatic carbocycles. The molecule has 2 nitrogen and oxygen atoms in total. The van der Waals surface area contributed by atoms with Crippen LogP contribution in [0.4, 0.5) is 0 Å². The van der Waals surface area contributed by atoms with Gasteiger partial charge in [-0.25, -0.2) is 0 Å². The number of phenols is 2. The Kier molecular flexibility index (Phi) is 9.71. The Labute approximate surface area is 158 Å². The van der Waals surface area contributed by atoms with Gasteiger partial charge in [-0.15, -0.1) is 0 Å². The van der Waals surface area contributed by atoms with Gasteiger partial charge in [0.1, 0.15) is 0 Å². The van der Waals surface area contributed by atoms with Gasteiger partial charge in [0.15, 0.2) is 11.5 Å². The van der Waals surface area contributed by atoms with Gasteiger partial charge in [0.25, 0.3) is 0 Å². The van der Waals surface area contributed by atoms with Crippen molar-refractivity contribution in [1.29, 1.82) is 0 Å². The van der Waals surface area contributed by atoms with Gasteiger partial charge in [-0.1, -0.05) is 120 Å². The summed E-state index contributed by atoms with van der Waals surface area (Å²) in [4.78, 5) is 0. The molecule has 1 aliphatic carbocycles. The lowest BCUT2D eigenvalue weighted by molar-refractivity contribution is 0.405. The third-order valence-corrected chi connectivity index (χ3v) is 5.10. The number of para-hydroxylation sites is 1. The highest BCUT2D eigenvalue weighted by Crippen LogP contribution is 2.35. The van der Waals surface area contributed by atoms with E-state index in [2.05, 4.69) is 0 Å². The Morgan fingerprint density at radius 3 is 1.31 bits per heavy atom. The van der Waals surface area contributed by atoms with Gasteiger partial charge < -0.3 is 10.2 Å². The van der Waals surface area contributed by atoms with Crippen molar-refractivity contribution in [3.8, 4) is 22.6 Å². The predicted octanol–water partition coefficient (Wildman–Crippen LogP) is 7.45. The first-order valence-electron chi connectivity index (χ1n) is 10.4. The molecule has 0 atom stereocenters. The van der Waals surface area contributed by atoms with E-state index in [0.717, 1.165) is 5.56 Å². The molecule has 0 saturated heterocycles. The standard InChI is InChI=1S/C12H10O2.C12H24/c13-11-8-4-7-10(12(11)14)9-5-2-1-3-6-9;1-2-4-6-8-10-12-11-9-7-5-3-1/h1-8,13-14H;1-12H2. The summed E-state index contributed by atoms with van der Waals surface area (Å²) in [6, 6.07) is 14.4. The summed E-state index contributed by atoms with van der Waals surface area (Å²) in [7, 11) is 0. The lowest BCUT2D eigenvalue weighted by Gasteiger charge is -2.05. The van der Waals surface area contributed by atoms with Gasteiger partial charge in [0, 0.05) is 5.56 Å². The first-order valence-corrected chi connectivity index (χ1v) is 10.4. The molecule has 0 unspecified atom stereocenters. The van der Waals surface area contributed by atoms with Crippen LogP contribution < -0.4 is 0 Å². The summed E-state index contributed by atoms with van der Waals surface area (Å²) in [5.41, 5.74) is 1.53. The minimum atomic E-state index is -0.0913. The van der Waals surface area contributed by atoms with E-state index in [1.807, 2.05) is 30.3 Å². The molecule has 1 fully saturated rings. The Balaban J connectivity index is 0.000000190. The van der Waals surface area contributed by atoms with Crippen LogP contribution >= 0.6 is 0 Å².